The van der Waals surface area contributed by atoms with E-state index in [4.69, 9.17) is 4.74 Å². The van der Waals surface area contributed by atoms with Crippen molar-refractivity contribution in [1.29, 1.82) is 0 Å². The van der Waals surface area contributed by atoms with Crippen LogP contribution in [0.4, 0.5) is 0 Å². The molecule has 1 aromatic rings. The number of rotatable bonds is 7. The van der Waals surface area contributed by atoms with E-state index in [1.54, 1.807) is 0 Å². The van der Waals surface area contributed by atoms with Crippen LogP contribution in [-0.4, -0.2) is 24.2 Å². The number of pyridine rings is 1. The monoisotopic (exact) mass is 222 g/mol. The van der Waals surface area contributed by atoms with Gasteiger partial charge in [0.05, 0.1) is 6.61 Å². The van der Waals surface area contributed by atoms with Gasteiger partial charge < -0.3 is 10.1 Å². The van der Waals surface area contributed by atoms with Gasteiger partial charge in [-0.2, -0.15) is 0 Å². The van der Waals surface area contributed by atoms with Gasteiger partial charge in [0.2, 0.25) is 0 Å². The molecule has 1 aromatic heterocycles. The summed E-state index contributed by atoms with van der Waals surface area (Å²) in [6.07, 6.45) is 4.77. The predicted molar refractivity (Wildman–Crippen MR) is 66.4 cm³/mol. The predicted octanol–water partition coefficient (Wildman–Crippen LogP) is 2.29. The lowest BCUT2D eigenvalue weighted by molar-refractivity contribution is 0.118. The summed E-state index contributed by atoms with van der Waals surface area (Å²) in [4.78, 5) is 4.13. The SMILES string of the molecule is Cc1cncc(COCCCNC(C)C)c1. The summed E-state index contributed by atoms with van der Waals surface area (Å²) in [6.45, 7) is 8.83. The van der Waals surface area contributed by atoms with E-state index in [0.717, 1.165) is 25.1 Å². The minimum Gasteiger partial charge on any atom is -0.377 e. The van der Waals surface area contributed by atoms with Crippen molar-refractivity contribution in [2.24, 2.45) is 0 Å². The number of nitrogens with zero attached hydrogens (tertiary/aromatic N) is 1. The van der Waals surface area contributed by atoms with E-state index in [9.17, 15) is 0 Å². The van der Waals surface area contributed by atoms with Gasteiger partial charge in [-0.05, 0) is 31.0 Å². The summed E-state index contributed by atoms with van der Waals surface area (Å²) in [6, 6.07) is 2.67. The molecule has 0 aromatic carbocycles. The Labute approximate surface area is 98.2 Å². The molecule has 16 heavy (non-hydrogen) atoms. The van der Waals surface area contributed by atoms with Gasteiger partial charge in [-0.15, -0.1) is 0 Å². The first-order valence-corrected chi connectivity index (χ1v) is 5.90. The zero-order valence-electron chi connectivity index (χ0n) is 10.5. The zero-order chi connectivity index (χ0) is 11.8. The van der Waals surface area contributed by atoms with Crippen LogP contribution in [0.2, 0.25) is 0 Å². The van der Waals surface area contributed by atoms with Crippen LogP contribution in [0.15, 0.2) is 18.5 Å². The molecule has 90 valence electrons. The molecule has 0 spiro atoms. The lowest BCUT2D eigenvalue weighted by Crippen LogP contribution is -2.24. The first-order chi connectivity index (χ1) is 7.68. The number of aryl methyl sites for hydroxylation is 1. The maximum absolute atomic E-state index is 5.58. The molecule has 1 heterocycles. The maximum atomic E-state index is 5.58. The van der Waals surface area contributed by atoms with Crippen molar-refractivity contribution in [2.45, 2.75) is 39.8 Å². The molecule has 3 heteroatoms. The van der Waals surface area contributed by atoms with Gasteiger partial charge in [-0.1, -0.05) is 19.9 Å². The highest BCUT2D eigenvalue weighted by molar-refractivity contribution is 5.15. The smallest absolute Gasteiger partial charge is 0.0731 e. The Morgan fingerprint density at radius 1 is 1.38 bits per heavy atom. The van der Waals surface area contributed by atoms with Crippen LogP contribution >= 0.6 is 0 Å². The lowest BCUT2D eigenvalue weighted by atomic mass is 10.2. The first kappa shape index (κ1) is 13.1. The molecular weight excluding hydrogens is 200 g/mol. The molecule has 0 unspecified atom stereocenters. The van der Waals surface area contributed by atoms with Crippen molar-refractivity contribution in [3.05, 3.63) is 29.6 Å². The van der Waals surface area contributed by atoms with Crippen LogP contribution < -0.4 is 5.32 Å². The van der Waals surface area contributed by atoms with Crippen molar-refractivity contribution >= 4 is 0 Å². The zero-order valence-corrected chi connectivity index (χ0v) is 10.5. The normalized spacial score (nSPS) is 11.0. The third-order valence-electron chi connectivity index (χ3n) is 2.22. The average Bonchev–Trinajstić information content (AvgIpc) is 2.23. The lowest BCUT2D eigenvalue weighted by Gasteiger charge is -2.08. The van der Waals surface area contributed by atoms with E-state index in [-0.39, 0.29) is 0 Å². The highest BCUT2D eigenvalue weighted by Gasteiger charge is 1.95. The number of aromatic nitrogens is 1. The topological polar surface area (TPSA) is 34.1 Å². The van der Waals surface area contributed by atoms with Crippen molar-refractivity contribution in [1.82, 2.24) is 10.3 Å². The second kappa shape index (κ2) is 7.36. The average molecular weight is 222 g/mol. The number of ether oxygens (including phenoxy) is 1. The molecule has 1 rings (SSSR count). The molecular formula is C13H22N2O. The van der Waals surface area contributed by atoms with E-state index >= 15 is 0 Å². The number of nitrogens with one attached hydrogen (secondary N) is 1. The molecule has 0 aliphatic carbocycles. The van der Waals surface area contributed by atoms with Gasteiger partial charge in [0.25, 0.3) is 0 Å². The Hall–Kier alpha value is -0.930. The highest BCUT2D eigenvalue weighted by Crippen LogP contribution is 2.02. The van der Waals surface area contributed by atoms with Crippen LogP contribution in [0.25, 0.3) is 0 Å². The van der Waals surface area contributed by atoms with Crippen LogP contribution in [-0.2, 0) is 11.3 Å². The van der Waals surface area contributed by atoms with Gasteiger partial charge in [-0.3, -0.25) is 4.98 Å². The molecule has 0 amide bonds. The molecule has 0 saturated heterocycles. The van der Waals surface area contributed by atoms with E-state index in [1.165, 1.54) is 5.56 Å². The fourth-order valence-electron chi connectivity index (χ4n) is 1.45. The standard InChI is InChI=1S/C13H22N2O/c1-11(2)15-5-4-6-16-10-13-7-12(3)8-14-9-13/h7-9,11,15H,4-6,10H2,1-3H3. The first-order valence-electron chi connectivity index (χ1n) is 5.90. The van der Waals surface area contributed by atoms with Crippen molar-refractivity contribution in [3.8, 4) is 0 Å². The third-order valence-corrected chi connectivity index (χ3v) is 2.22. The third kappa shape index (κ3) is 5.83. The molecule has 0 aliphatic heterocycles. The molecule has 0 atom stereocenters. The molecule has 1 N–H and O–H groups in total. The highest BCUT2D eigenvalue weighted by atomic mass is 16.5. The molecule has 0 aliphatic rings. The van der Waals surface area contributed by atoms with Gasteiger partial charge in [-0.25, -0.2) is 0 Å². The summed E-state index contributed by atoms with van der Waals surface area (Å²) in [7, 11) is 0. The summed E-state index contributed by atoms with van der Waals surface area (Å²) < 4.78 is 5.58. The van der Waals surface area contributed by atoms with E-state index in [1.807, 2.05) is 19.3 Å². The van der Waals surface area contributed by atoms with Gasteiger partial charge in [0.1, 0.15) is 0 Å². The Balaban J connectivity index is 2.07. The molecule has 0 fully saturated rings. The minimum absolute atomic E-state index is 0.556. The Morgan fingerprint density at radius 2 is 2.19 bits per heavy atom. The summed E-state index contributed by atoms with van der Waals surface area (Å²) in [5.41, 5.74) is 2.33. The molecule has 0 radical (unpaired) electrons. The van der Waals surface area contributed by atoms with Gasteiger partial charge in [0, 0.05) is 25.0 Å². The number of hydrogen-bond donors (Lipinski definition) is 1. The summed E-state index contributed by atoms with van der Waals surface area (Å²) in [5, 5.41) is 3.36. The van der Waals surface area contributed by atoms with Gasteiger partial charge >= 0.3 is 0 Å². The quantitative estimate of drug-likeness (QED) is 0.719. The summed E-state index contributed by atoms with van der Waals surface area (Å²) in [5.74, 6) is 0. The molecule has 3 nitrogen and oxygen atoms in total. The second-order valence-electron chi connectivity index (χ2n) is 4.39. The van der Waals surface area contributed by atoms with Crippen LogP contribution in [0, 0.1) is 6.92 Å². The summed E-state index contributed by atoms with van der Waals surface area (Å²) >= 11 is 0. The fraction of sp³-hybridized carbons (Fsp3) is 0.615. The Kier molecular flexibility index (Phi) is 6.04. The van der Waals surface area contributed by atoms with E-state index in [2.05, 4.69) is 30.2 Å². The fourth-order valence-corrected chi connectivity index (χ4v) is 1.45. The van der Waals surface area contributed by atoms with E-state index < -0.39 is 0 Å². The van der Waals surface area contributed by atoms with Crippen molar-refractivity contribution in [3.63, 3.8) is 0 Å². The molecule has 0 saturated carbocycles. The second-order valence-corrected chi connectivity index (χ2v) is 4.39. The Morgan fingerprint density at radius 3 is 2.88 bits per heavy atom. The van der Waals surface area contributed by atoms with E-state index in [0.29, 0.717) is 12.6 Å². The maximum Gasteiger partial charge on any atom is 0.0731 e. The molecule has 0 bridgehead atoms. The van der Waals surface area contributed by atoms with Gasteiger partial charge in [0.15, 0.2) is 0 Å². The largest absolute Gasteiger partial charge is 0.377 e. The van der Waals surface area contributed by atoms with Crippen molar-refractivity contribution < 1.29 is 4.74 Å². The van der Waals surface area contributed by atoms with Crippen LogP contribution in [0.5, 0.6) is 0 Å². The van der Waals surface area contributed by atoms with Crippen LogP contribution in [0.1, 0.15) is 31.4 Å². The Bertz CT molecular complexity index is 300. The minimum atomic E-state index is 0.556. The van der Waals surface area contributed by atoms with Crippen molar-refractivity contribution in [2.75, 3.05) is 13.2 Å². The number of hydrogen-bond acceptors (Lipinski definition) is 3. The van der Waals surface area contributed by atoms with Crippen LogP contribution in [0.3, 0.4) is 0 Å².